The number of hydrogen-bond acceptors (Lipinski definition) is 7. The molecular formula is C28H32F2N6O2. The molecule has 2 N–H and O–H groups in total. The molecule has 5 rings (SSSR count). The van der Waals surface area contributed by atoms with E-state index in [1.54, 1.807) is 6.07 Å². The zero-order valence-corrected chi connectivity index (χ0v) is 21.7. The van der Waals surface area contributed by atoms with Crippen LogP contribution in [0.2, 0.25) is 0 Å². The van der Waals surface area contributed by atoms with Crippen LogP contribution in [0.5, 0.6) is 5.75 Å². The number of rotatable bonds is 7. The fraction of sp³-hybridized carbons (Fsp3) is 0.429. The minimum absolute atomic E-state index is 0.0346. The first-order chi connectivity index (χ1) is 18.3. The van der Waals surface area contributed by atoms with E-state index in [0.29, 0.717) is 36.6 Å². The number of hydrogen-bond donors (Lipinski definition) is 1. The predicted molar refractivity (Wildman–Crippen MR) is 140 cm³/mol. The first-order valence-corrected chi connectivity index (χ1v) is 13.0. The van der Waals surface area contributed by atoms with Crippen LogP contribution in [0.4, 0.5) is 14.5 Å². The van der Waals surface area contributed by atoms with Crippen LogP contribution in [0.25, 0.3) is 11.3 Å². The standard InChI is InChI=1S/C28H32F2N6O2/c1-17(2)36-9-10-38-27-22(29)11-20(12-24(27)36)26-23(30)15-33-25(34-26)13-21-4-3-18(14-32-21)16-35-7-5-19(6-8-35)28(31)37/h3-4,11-12,14-15,17,19H,5-10,13,16H2,1-2H3,(H2,31,37). The highest BCUT2D eigenvalue weighted by Gasteiger charge is 2.26. The molecule has 1 aromatic carbocycles. The molecule has 4 heterocycles. The molecule has 1 amide bonds. The van der Waals surface area contributed by atoms with Gasteiger partial charge in [0.25, 0.3) is 0 Å². The smallest absolute Gasteiger partial charge is 0.220 e. The minimum Gasteiger partial charge on any atom is -0.486 e. The number of halogens is 2. The molecule has 2 aromatic heterocycles. The van der Waals surface area contributed by atoms with Crippen LogP contribution >= 0.6 is 0 Å². The number of nitrogens with zero attached hydrogens (tertiary/aromatic N) is 5. The van der Waals surface area contributed by atoms with Gasteiger partial charge in [0.05, 0.1) is 24.8 Å². The maximum atomic E-state index is 14.9. The summed E-state index contributed by atoms with van der Waals surface area (Å²) >= 11 is 0. The molecule has 0 radical (unpaired) electrons. The Bertz CT molecular complexity index is 1310. The van der Waals surface area contributed by atoms with E-state index in [2.05, 4.69) is 19.9 Å². The van der Waals surface area contributed by atoms with E-state index in [-0.39, 0.29) is 29.3 Å². The third-order valence-electron chi connectivity index (χ3n) is 7.22. The van der Waals surface area contributed by atoms with Crippen molar-refractivity contribution in [2.24, 2.45) is 11.7 Å². The molecule has 0 unspecified atom stereocenters. The maximum Gasteiger partial charge on any atom is 0.220 e. The first kappa shape index (κ1) is 26.0. The lowest BCUT2D eigenvalue weighted by atomic mass is 9.96. The second-order valence-electron chi connectivity index (χ2n) is 10.2. The lowest BCUT2D eigenvalue weighted by Crippen LogP contribution is -2.38. The van der Waals surface area contributed by atoms with Gasteiger partial charge in [0.2, 0.25) is 5.91 Å². The van der Waals surface area contributed by atoms with Crippen molar-refractivity contribution in [3.8, 4) is 17.0 Å². The van der Waals surface area contributed by atoms with Crippen molar-refractivity contribution in [3.63, 3.8) is 0 Å². The summed E-state index contributed by atoms with van der Waals surface area (Å²) in [6, 6.07) is 7.04. The van der Waals surface area contributed by atoms with Gasteiger partial charge in [-0.25, -0.2) is 18.7 Å². The summed E-state index contributed by atoms with van der Waals surface area (Å²) in [4.78, 5) is 28.8. The monoisotopic (exact) mass is 522 g/mol. The second-order valence-corrected chi connectivity index (χ2v) is 10.2. The van der Waals surface area contributed by atoms with E-state index >= 15 is 0 Å². The highest BCUT2D eigenvalue weighted by atomic mass is 19.1. The van der Waals surface area contributed by atoms with Crippen molar-refractivity contribution >= 4 is 11.6 Å². The first-order valence-electron chi connectivity index (χ1n) is 13.0. The predicted octanol–water partition coefficient (Wildman–Crippen LogP) is 3.71. The summed E-state index contributed by atoms with van der Waals surface area (Å²) in [7, 11) is 0. The summed E-state index contributed by atoms with van der Waals surface area (Å²) in [5.41, 5.74) is 8.21. The highest BCUT2D eigenvalue weighted by Crippen LogP contribution is 2.39. The summed E-state index contributed by atoms with van der Waals surface area (Å²) < 4.78 is 35.3. The third-order valence-corrected chi connectivity index (χ3v) is 7.22. The summed E-state index contributed by atoms with van der Waals surface area (Å²) in [5, 5.41) is 0. The van der Waals surface area contributed by atoms with E-state index in [1.165, 1.54) is 6.07 Å². The van der Waals surface area contributed by atoms with Crippen molar-refractivity contribution in [3.05, 3.63) is 65.4 Å². The van der Waals surface area contributed by atoms with Gasteiger partial charge in [-0.3, -0.25) is 14.7 Å². The van der Waals surface area contributed by atoms with Gasteiger partial charge in [0.15, 0.2) is 17.4 Å². The number of carbonyl (C=O) groups is 1. The number of fused-ring (bicyclic) bond motifs is 1. The molecule has 2 aliphatic rings. The van der Waals surface area contributed by atoms with Gasteiger partial charge in [-0.2, -0.15) is 0 Å². The minimum atomic E-state index is -0.621. The summed E-state index contributed by atoms with van der Waals surface area (Å²) in [6.45, 7) is 7.46. The van der Waals surface area contributed by atoms with E-state index in [4.69, 9.17) is 10.5 Å². The maximum absolute atomic E-state index is 14.9. The van der Waals surface area contributed by atoms with Crippen LogP contribution in [0.1, 0.15) is 43.8 Å². The lowest BCUT2D eigenvalue weighted by molar-refractivity contribution is -0.123. The molecule has 3 aromatic rings. The fourth-order valence-corrected chi connectivity index (χ4v) is 5.12. The van der Waals surface area contributed by atoms with Gasteiger partial charge in [-0.05, 0) is 63.5 Å². The number of likely N-dealkylation sites (tertiary alicyclic amines) is 1. The summed E-state index contributed by atoms with van der Waals surface area (Å²) in [6.07, 6.45) is 4.81. The number of primary amides is 1. The average Bonchev–Trinajstić information content (AvgIpc) is 2.90. The van der Waals surface area contributed by atoms with Crippen molar-refractivity contribution in [2.75, 3.05) is 31.1 Å². The molecular weight excluding hydrogens is 490 g/mol. The van der Waals surface area contributed by atoms with Crippen LogP contribution in [-0.2, 0) is 17.8 Å². The Labute approximate surface area is 220 Å². The van der Waals surface area contributed by atoms with Crippen LogP contribution in [0, 0.1) is 17.6 Å². The zero-order valence-electron chi connectivity index (χ0n) is 21.7. The number of carbonyl (C=O) groups excluding carboxylic acids is 1. The molecule has 1 fully saturated rings. The number of amides is 1. The molecule has 0 bridgehead atoms. The highest BCUT2D eigenvalue weighted by molar-refractivity contribution is 5.76. The van der Waals surface area contributed by atoms with Gasteiger partial charge in [0.1, 0.15) is 18.1 Å². The quantitative estimate of drug-likeness (QED) is 0.505. The molecule has 8 nitrogen and oxygen atoms in total. The van der Waals surface area contributed by atoms with Crippen LogP contribution in [-0.4, -0.2) is 58.0 Å². The Balaban J connectivity index is 1.30. The Morgan fingerprint density at radius 2 is 1.89 bits per heavy atom. The third kappa shape index (κ3) is 5.60. The molecule has 38 heavy (non-hydrogen) atoms. The van der Waals surface area contributed by atoms with Crippen molar-refractivity contribution < 1.29 is 18.3 Å². The SMILES string of the molecule is CC(C)N1CCOc2c(F)cc(-c3nc(Cc4ccc(CN5CCC(C(N)=O)CC5)cn4)ncc3F)cc21. The van der Waals surface area contributed by atoms with Gasteiger partial charge in [0, 0.05) is 36.0 Å². The summed E-state index contributed by atoms with van der Waals surface area (Å²) in [5.74, 6) is -0.837. The largest absolute Gasteiger partial charge is 0.486 e. The number of anilines is 1. The molecule has 0 atom stereocenters. The van der Waals surface area contributed by atoms with E-state index in [9.17, 15) is 13.6 Å². The number of benzene rings is 1. The van der Waals surface area contributed by atoms with Gasteiger partial charge in [-0.15, -0.1) is 0 Å². The van der Waals surface area contributed by atoms with Crippen LogP contribution in [0.15, 0.2) is 36.7 Å². The fourth-order valence-electron chi connectivity index (χ4n) is 5.12. The Kier molecular flexibility index (Phi) is 7.51. The lowest BCUT2D eigenvalue weighted by Gasteiger charge is -2.34. The topological polar surface area (TPSA) is 97.5 Å². The Morgan fingerprint density at radius 1 is 1.11 bits per heavy atom. The van der Waals surface area contributed by atoms with E-state index < -0.39 is 11.6 Å². The number of ether oxygens (including phenoxy) is 1. The van der Waals surface area contributed by atoms with E-state index in [1.807, 2.05) is 37.1 Å². The van der Waals surface area contributed by atoms with Crippen molar-refractivity contribution in [1.82, 2.24) is 19.9 Å². The molecule has 2 aliphatic heterocycles. The zero-order chi connectivity index (χ0) is 26.8. The van der Waals surface area contributed by atoms with Crippen LogP contribution in [0.3, 0.4) is 0 Å². The Morgan fingerprint density at radius 3 is 2.58 bits per heavy atom. The Hall–Kier alpha value is -3.66. The second kappa shape index (κ2) is 11.0. The van der Waals surface area contributed by atoms with Crippen molar-refractivity contribution in [2.45, 2.75) is 45.7 Å². The normalized spacial score (nSPS) is 16.4. The van der Waals surface area contributed by atoms with Crippen LogP contribution < -0.4 is 15.4 Å². The number of piperidine rings is 1. The number of pyridine rings is 1. The molecule has 0 aliphatic carbocycles. The average molecular weight is 523 g/mol. The molecule has 0 saturated carbocycles. The van der Waals surface area contributed by atoms with Gasteiger partial charge in [-0.1, -0.05) is 6.07 Å². The van der Waals surface area contributed by atoms with E-state index in [0.717, 1.165) is 49.9 Å². The number of aromatic nitrogens is 3. The number of nitrogens with two attached hydrogens (primary N) is 1. The molecule has 1 saturated heterocycles. The van der Waals surface area contributed by atoms with Gasteiger partial charge < -0.3 is 15.4 Å². The molecule has 0 spiro atoms. The molecule has 200 valence electrons. The van der Waals surface area contributed by atoms with Crippen molar-refractivity contribution in [1.29, 1.82) is 0 Å². The van der Waals surface area contributed by atoms with Gasteiger partial charge >= 0.3 is 0 Å². The molecule has 10 heteroatoms.